The number of carbonyl (C=O) groups is 2. The summed E-state index contributed by atoms with van der Waals surface area (Å²) in [6.07, 6.45) is 8.87. The predicted molar refractivity (Wildman–Crippen MR) is 115 cm³/mol. The molecule has 0 radical (unpaired) electrons. The van der Waals surface area contributed by atoms with Crippen LogP contribution in [0, 0.1) is 5.92 Å². The Kier molecular flexibility index (Phi) is 7.78. The SMILES string of the molecule is COC(=O)Nc1ccc(Cl)c(CN(C(=O)C2CCCCC2)C2CCCCC2N)c1. The molecule has 1 aromatic rings. The molecule has 0 aliphatic heterocycles. The molecule has 2 aliphatic rings. The van der Waals surface area contributed by atoms with Gasteiger partial charge in [-0.2, -0.15) is 0 Å². The van der Waals surface area contributed by atoms with Gasteiger partial charge in [0.2, 0.25) is 5.91 Å². The van der Waals surface area contributed by atoms with Crippen LogP contribution in [-0.2, 0) is 16.1 Å². The molecule has 160 valence electrons. The molecule has 2 atom stereocenters. The zero-order valence-electron chi connectivity index (χ0n) is 17.2. The molecule has 2 aliphatic carbocycles. The van der Waals surface area contributed by atoms with Crippen molar-refractivity contribution in [2.45, 2.75) is 76.4 Å². The van der Waals surface area contributed by atoms with E-state index in [0.29, 0.717) is 17.3 Å². The predicted octanol–water partition coefficient (Wildman–Crippen LogP) is 4.70. The summed E-state index contributed by atoms with van der Waals surface area (Å²) in [6, 6.07) is 5.31. The van der Waals surface area contributed by atoms with E-state index in [-0.39, 0.29) is 23.9 Å². The third-order valence-corrected chi connectivity index (χ3v) is 6.61. The van der Waals surface area contributed by atoms with E-state index in [1.54, 1.807) is 12.1 Å². The van der Waals surface area contributed by atoms with Crippen LogP contribution in [0.4, 0.5) is 10.5 Å². The van der Waals surface area contributed by atoms with Gasteiger partial charge >= 0.3 is 6.09 Å². The van der Waals surface area contributed by atoms with Crippen molar-refractivity contribution >= 4 is 29.3 Å². The lowest BCUT2D eigenvalue weighted by Crippen LogP contribution is -2.53. The highest BCUT2D eigenvalue weighted by Crippen LogP contribution is 2.32. The topological polar surface area (TPSA) is 84.7 Å². The Balaban J connectivity index is 1.85. The molecule has 3 rings (SSSR count). The average molecular weight is 422 g/mol. The van der Waals surface area contributed by atoms with Gasteiger partial charge < -0.3 is 15.4 Å². The largest absolute Gasteiger partial charge is 0.453 e. The van der Waals surface area contributed by atoms with Crippen LogP contribution in [0.15, 0.2) is 18.2 Å². The number of anilines is 1. The number of rotatable bonds is 5. The lowest BCUT2D eigenvalue weighted by molar-refractivity contribution is -0.141. The maximum Gasteiger partial charge on any atom is 0.411 e. The van der Waals surface area contributed by atoms with E-state index in [0.717, 1.165) is 56.9 Å². The molecule has 7 heteroatoms. The lowest BCUT2D eigenvalue weighted by atomic mass is 9.85. The smallest absolute Gasteiger partial charge is 0.411 e. The summed E-state index contributed by atoms with van der Waals surface area (Å²) in [6.45, 7) is 0.406. The van der Waals surface area contributed by atoms with Crippen LogP contribution in [0.2, 0.25) is 5.02 Å². The quantitative estimate of drug-likeness (QED) is 0.721. The fraction of sp³-hybridized carbons (Fsp3) is 0.636. The van der Waals surface area contributed by atoms with Crippen molar-refractivity contribution in [2.75, 3.05) is 12.4 Å². The molecule has 2 fully saturated rings. The van der Waals surface area contributed by atoms with Gasteiger partial charge in [0.05, 0.1) is 7.11 Å². The molecule has 0 spiro atoms. The van der Waals surface area contributed by atoms with Crippen molar-refractivity contribution in [3.63, 3.8) is 0 Å². The molecular formula is C22H32ClN3O3. The van der Waals surface area contributed by atoms with E-state index in [9.17, 15) is 9.59 Å². The average Bonchev–Trinajstić information content (AvgIpc) is 2.74. The number of halogens is 1. The van der Waals surface area contributed by atoms with Crippen LogP contribution in [0.1, 0.15) is 63.4 Å². The minimum absolute atomic E-state index is 0.00792. The van der Waals surface area contributed by atoms with Gasteiger partial charge in [0.1, 0.15) is 0 Å². The first-order valence-electron chi connectivity index (χ1n) is 10.7. The van der Waals surface area contributed by atoms with Crippen LogP contribution in [0.3, 0.4) is 0 Å². The maximum atomic E-state index is 13.5. The van der Waals surface area contributed by atoms with Crippen LogP contribution in [0.25, 0.3) is 0 Å². The van der Waals surface area contributed by atoms with E-state index in [1.807, 2.05) is 11.0 Å². The summed E-state index contributed by atoms with van der Waals surface area (Å²) in [7, 11) is 1.32. The van der Waals surface area contributed by atoms with Crippen LogP contribution in [-0.4, -0.2) is 36.1 Å². The van der Waals surface area contributed by atoms with Gasteiger partial charge in [-0.15, -0.1) is 0 Å². The summed E-state index contributed by atoms with van der Waals surface area (Å²) in [4.78, 5) is 27.0. The van der Waals surface area contributed by atoms with Gasteiger partial charge in [0.15, 0.2) is 0 Å². The molecular weight excluding hydrogens is 390 g/mol. The number of benzene rings is 1. The fourth-order valence-electron chi connectivity index (χ4n) is 4.60. The van der Waals surface area contributed by atoms with Crippen molar-refractivity contribution in [1.29, 1.82) is 0 Å². The van der Waals surface area contributed by atoms with E-state index in [4.69, 9.17) is 17.3 Å². The summed E-state index contributed by atoms with van der Waals surface area (Å²) in [5.41, 5.74) is 7.85. The van der Waals surface area contributed by atoms with Gasteiger partial charge in [0.25, 0.3) is 0 Å². The Morgan fingerprint density at radius 3 is 2.52 bits per heavy atom. The summed E-state index contributed by atoms with van der Waals surface area (Å²) in [5, 5.41) is 3.24. The number of carbonyl (C=O) groups excluding carboxylic acids is 2. The number of hydrogen-bond donors (Lipinski definition) is 2. The van der Waals surface area contributed by atoms with Crippen LogP contribution in [0.5, 0.6) is 0 Å². The molecule has 0 saturated heterocycles. The van der Waals surface area contributed by atoms with Crippen molar-refractivity contribution in [3.05, 3.63) is 28.8 Å². The molecule has 29 heavy (non-hydrogen) atoms. The standard InChI is InChI=1S/C22H32ClN3O3/c1-29-22(28)25-17-11-12-18(23)16(13-17)14-26(20-10-6-5-9-19(20)24)21(27)15-7-3-2-4-8-15/h11-13,15,19-20H,2-10,14,24H2,1H3,(H,25,28). The van der Waals surface area contributed by atoms with Gasteiger partial charge in [-0.3, -0.25) is 10.1 Å². The molecule has 0 bridgehead atoms. The zero-order chi connectivity index (χ0) is 20.8. The van der Waals surface area contributed by atoms with Gasteiger partial charge in [-0.25, -0.2) is 4.79 Å². The molecule has 2 saturated carbocycles. The number of hydrogen-bond acceptors (Lipinski definition) is 4. The number of nitrogens with two attached hydrogens (primary N) is 1. The maximum absolute atomic E-state index is 13.5. The Morgan fingerprint density at radius 1 is 1.14 bits per heavy atom. The molecule has 1 aromatic carbocycles. The van der Waals surface area contributed by atoms with Gasteiger partial charge in [0, 0.05) is 35.3 Å². The Bertz CT molecular complexity index is 721. The van der Waals surface area contributed by atoms with Crippen molar-refractivity contribution < 1.29 is 14.3 Å². The summed E-state index contributed by atoms with van der Waals surface area (Å²) >= 11 is 6.46. The molecule has 6 nitrogen and oxygen atoms in total. The first-order valence-corrected chi connectivity index (χ1v) is 11.1. The highest BCUT2D eigenvalue weighted by Gasteiger charge is 2.35. The lowest BCUT2D eigenvalue weighted by Gasteiger charge is -2.41. The van der Waals surface area contributed by atoms with Crippen LogP contribution >= 0.6 is 11.6 Å². The monoisotopic (exact) mass is 421 g/mol. The molecule has 0 aromatic heterocycles. The number of ether oxygens (including phenoxy) is 1. The molecule has 2 amide bonds. The van der Waals surface area contributed by atoms with E-state index in [2.05, 4.69) is 10.1 Å². The number of methoxy groups -OCH3 is 1. The highest BCUT2D eigenvalue weighted by molar-refractivity contribution is 6.31. The Hall–Kier alpha value is -1.79. The third-order valence-electron chi connectivity index (χ3n) is 6.24. The number of amides is 2. The number of nitrogens with zero attached hydrogens (tertiary/aromatic N) is 1. The van der Waals surface area contributed by atoms with E-state index >= 15 is 0 Å². The second kappa shape index (κ2) is 10.3. The minimum Gasteiger partial charge on any atom is -0.453 e. The van der Waals surface area contributed by atoms with Crippen molar-refractivity contribution in [3.8, 4) is 0 Å². The molecule has 0 heterocycles. The zero-order valence-corrected chi connectivity index (χ0v) is 17.9. The van der Waals surface area contributed by atoms with E-state index < -0.39 is 6.09 Å². The molecule has 3 N–H and O–H groups in total. The molecule has 2 unspecified atom stereocenters. The minimum atomic E-state index is -0.539. The number of nitrogens with one attached hydrogen (secondary N) is 1. The van der Waals surface area contributed by atoms with Crippen LogP contribution < -0.4 is 11.1 Å². The summed E-state index contributed by atoms with van der Waals surface area (Å²) in [5.74, 6) is 0.280. The Labute approximate surface area is 178 Å². The first kappa shape index (κ1) is 21.9. The third kappa shape index (κ3) is 5.64. The Morgan fingerprint density at radius 2 is 1.83 bits per heavy atom. The van der Waals surface area contributed by atoms with Crippen molar-refractivity contribution in [2.24, 2.45) is 11.7 Å². The van der Waals surface area contributed by atoms with Gasteiger partial charge in [-0.05, 0) is 49.4 Å². The fourth-order valence-corrected chi connectivity index (χ4v) is 4.77. The van der Waals surface area contributed by atoms with Crippen molar-refractivity contribution in [1.82, 2.24) is 4.90 Å². The van der Waals surface area contributed by atoms with E-state index in [1.165, 1.54) is 13.5 Å². The normalized spacial score (nSPS) is 22.7. The van der Waals surface area contributed by atoms with Gasteiger partial charge in [-0.1, -0.05) is 43.7 Å². The first-order chi connectivity index (χ1) is 14.0. The highest BCUT2D eigenvalue weighted by atomic mass is 35.5. The second-order valence-electron chi connectivity index (χ2n) is 8.24. The summed E-state index contributed by atoms with van der Waals surface area (Å²) < 4.78 is 4.67. The second-order valence-corrected chi connectivity index (χ2v) is 8.65.